The minimum atomic E-state index is -0.800. The molecule has 0 aromatic heterocycles. The Labute approximate surface area is 178 Å². The van der Waals surface area contributed by atoms with E-state index < -0.39 is 18.2 Å². The second kappa shape index (κ2) is 13.0. The van der Waals surface area contributed by atoms with Gasteiger partial charge in [0.15, 0.2) is 0 Å². The van der Waals surface area contributed by atoms with E-state index in [-0.39, 0.29) is 18.3 Å². The number of carbonyl (C=O) groups is 1. The van der Waals surface area contributed by atoms with Crippen molar-refractivity contribution in [1.82, 2.24) is 0 Å². The highest BCUT2D eigenvalue weighted by atomic mass is 16.4. The molecule has 1 aromatic rings. The number of unbranched alkanes of at least 4 members (excludes halogenated alkanes) is 1. The summed E-state index contributed by atoms with van der Waals surface area (Å²) in [6.07, 6.45) is 11.0. The molecule has 0 amide bonds. The molecule has 1 fully saturated rings. The summed E-state index contributed by atoms with van der Waals surface area (Å²) in [5.74, 6) is -1.15. The molecule has 4 unspecified atom stereocenters. The summed E-state index contributed by atoms with van der Waals surface area (Å²) in [5, 5.41) is 42.0. The number of nitrogens with zero attached hydrogens (tertiary/aromatic N) is 1. The number of carboxylic acids is 1. The van der Waals surface area contributed by atoms with Gasteiger partial charge in [0.2, 0.25) is 0 Å². The van der Waals surface area contributed by atoms with Gasteiger partial charge in [-0.25, -0.2) is 0 Å². The minimum Gasteiger partial charge on any atom is -0.481 e. The summed E-state index contributed by atoms with van der Waals surface area (Å²) in [6.45, 7) is 0. The molecule has 1 aliphatic carbocycles. The molecule has 1 aliphatic rings. The molecule has 0 bridgehead atoms. The average Bonchev–Trinajstić information content (AvgIpc) is 3.04. The number of aliphatic hydroxyl groups is 2. The van der Waals surface area contributed by atoms with Gasteiger partial charge >= 0.3 is 5.97 Å². The van der Waals surface area contributed by atoms with Crippen molar-refractivity contribution < 1.29 is 25.3 Å². The first-order valence-corrected chi connectivity index (χ1v) is 10.7. The lowest BCUT2D eigenvalue weighted by Gasteiger charge is -2.18. The van der Waals surface area contributed by atoms with E-state index in [0.29, 0.717) is 37.8 Å². The van der Waals surface area contributed by atoms with E-state index >= 15 is 0 Å². The van der Waals surface area contributed by atoms with Gasteiger partial charge in [0.05, 0.1) is 17.9 Å². The smallest absolute Gasteiger partial charge is 0.303 e. The summed E-state index contributed by atoms with van der Waals surface area (Å²) in [6, 6.07) is 10.2. The van der Waals surface area contributed by atoms with Crippen molar-refractivity contribution in [3.63, 3.8) is 0 Å². The maximum atomic E-state index is 10.5. The lowest BCUT2D eigenvalue weighted by molar-refractivity contribution is -0.137. The molecular formula is C24H33NO5. The van der Waals surface area contributed by atoms with E-state index in [9.17, 15) is 20.2 Å². The summed E-state index contributed by atoms with van der Waals surface area (Å²) in [4.78, 5) is 10.5. The zero-order valence-corrected chi connectivity index (χ0v) is 17.3. The maximum absolute atomic E-state index is 10.5. The molecule has 0 spiro atoms. The number of rotatable bonds is 12. The highest BCUT2D eigenvalue weighted by Crippen LogP contribution is 2.34. The Hall–Kier alpha value is -2.44. The molecule has 0 heterocycles. The average molecular weight is 416 g/mol. The van der Waals surface area contributed by atoms with Crippen LogP contribution in [0.25, 0.3) is 0 Å². The van der Waals surface area contributed by atoms with Crippen molar-refractivity contribution in [2.45, 2.75) is 63.6 Å². The highest BCUT2D eigenvalue weighted by molar-refractivity contribution is 5.90. The number of hydrogen-bond donors (Lipinski definition) is 4. The van der Waals surface area contributed by atoms with Gasteiger partial charge in [-0.15, -0.1) is 0 Å². The van der Waals surface area contributed by atoms with Crippen molar-refractivity contribution in [3.8, 4) is 0 Å². The normalized spacial score (nSPS) is 24.2. The third kappa shape index (κ3) is 8.13. The van der Waals surface area contributed by atoms with Crippen LogP contribution in [0.4, 0.5) is 0 Å². The van der Waals surface area contributed by atoms with Crippen molar-refractivity contribution in [3.05, 3.63) is 60.2 Å². The number of benzene rings is 1. The van der Waals surface area contributed by atoms with Gasteiger partial charge in [-0.2, -0.15) is 0 Å². The summed E-state index contributed by atoms with van der Waals surface area (Å²) in [7, 11) is 0. The van der Waals surface area contributed by atoms with Gasteiger partial charge in [0, 0.05) is 24.7 Å². The molecule has 4 N–H and O–H groups in total. The highest BCUT2D eigenvalue weighted by Gasteiger charge is 2.38. The van der Waals surface area contributed by atoms with Crippen LogP contribution in [0, 0.1) is 11.8 Å². The monoisotopic (exact) mass is 415 g/mol. The number of aliphatic hydroxyl groups excluding tert-OH is 2. The van der Waals surface area contributed by atoms with Crippen LogP contribution in [0.1, 0.15) is 50.5 Å². The first-order chi connectivity index (χ1) is 14.5. The number of carboxylic acid groups (broad SMARTS) is 1. The van der Waals surface area contributed by atoms with Crippen molar-refractivity contribution in [2.24, 2.45) is 17.0 Å². The number of allylic oxidation sites excluding steroid dienone is 3. The van der Waals surface area contributed by atoms with Crippen LogP contribution in [-0.4, -0.2) is 44.4 Å². The van der Waals surface area contributed by atoms with Gasteiger partial charge in [0.1, 0.15) is 0 Å². The van der Waals surface area contributed by atoms with E-state index in [1.165, 1.54) is 5.56 Å². The van der Waals surface area contributed by atoms with E-state index in [1.54, 1.807) is 6.08 Å². The fourth-order valence-electron chi connectivity index (χ4n) is 3.90. The second-order valence-electron chi connectivity index (χ2n) is 7.88. The Morgan fingerprint density at radius 2 is 1.97 bits per heavy atom. The predicted molar refractivity (Wildman–Crippen MR) is 117 cm³/mol. The van der Waals surface area contributed by atoms with Gasteiger partial charge in [-0.1, -0.05) is 59.8 Å². The third-order valence-electron chi connectivity index (χ3n) is 5.57. The Morgan fingerprint density at radius 3 is 2.67 bits per heavy atom. The molecular weight excluding hydrogens is 382 g/mol. The van der Waals surface area contributed by atoms with Crippen LogP contribution in [0.15, 0.2) is 59.8 Å². The molecule has 0 aliphatic heterocycles. The number of aliphatic carboxylic acids is 1. The van der Waals surface area contributed by atoms with E-state index in [4.69, 9.17) is 5.11 Å². The Bertz CT molecular complexity index is 728. The minimum absolute atomic E-state index is 0.126. The second-order valence-corrected chi connectivity index (χ2v) is 7.88. The zero-order chi connectivity index (χ0) is 21.8. The molecule has 6 heteroatoms. The van der Waals surface area contributed by atoms with Crippen LogP contribution >= 0.6 is 0 Å². The van der Waals surface area contributed by atoms with E-state index in [0.717, 1.165) is 12.8 Å². The number of hydrogen-bond acceptors (Lipinski definition) is 5. The molecule has 1 aromatic carbocycles. The number of aryl methyl sites for hydroxylation is 1. The van der Waals surface area contributed by atoms with Crippen LogP contribution in [0.2, 0.25) is 0 Å². The molecule has 2 rings (SSSR count). The summed E-state index contributed by atoms with van der Waals surface area (Å²) in [5.41, 5.74) is 1.78. The molecule has 164 valence electrons. The summed E-state index contributed by atoms with van der Waals surface area (Å²) >= 11 is 0. The lowest BCUT2D eigenvalue weighted by Crippen LogP contribution is -2.19. The maximum Gasteiger partial charge on any atom is 0.303 e. The molecule has 0 saturated heterocycles. The largest absolute Gasteiger partial charge is 0.481 e. The van der Waals surface area contributed by atoms with Crippen LogP contribution in [-0.2, 0) is 11.2 Å². The summed E-state index contributed by atoms with van der Waals surface area (Å²) < 4.78 is 0. The van der Waals surface area contributed by atoms with Crippen LogP contribution < -0.4 is 0 Å². The molecule has 4 atom stereocenters. The standard InChI is InChI=1S/C24H33NO5/c26-19(12-8-11-18-9-4-3-5-10-18)15-16-20-21(23(27)17-22(20)25-30)13-6-1-2-7-14-24(28)29/h1,3-6,9-10,15-16,19-21,23,26-27,30H,2,7-8,11-14,17H2,(H,28,29)/b6-1+,16-15+,25-22-. The third-order valence-corrected chi connectivity index (χ3v) is 5.57. The Morgan fingerprint density at radius 1 is 1.20 bits per heavy atom. The Kier molecular flexibility index (Phi) is 10.3. The quantitative estimate of drug-likeness (QED) is 0.179. The molecule has 0 radical (unpaired) electrons. The lowest BCUT2D eigenvalue weighted by atomic mass is 9.89. The fraction of sp³-hybridized carbons (Fsp3) is 0.500. The predicted octanol–water partition coefficient (Wildman–Crippen LogP) is 3.95. The van der Waals surface area contributed by atoms with Gasteiger partial charge in [-0.05, 0) is 44.1 Å². The SMILES string of the molecule is O=C(O)CCC/C=C/CC1C(O)C/C(=N/O)C1/C=C/C(O)CCCc1ccccc1. The van der Waals surface area contributed by atoms with E-state index in [1.807, 2.05) is 36.4 Å². The van der Waals surface area contributed by atoms with Crippen molar-refractivity contribution in [2.75, 3.05) is 0 Å². The van der Waals surface area contributed by atoms with Crippen molar-refractivity contribution >= 4 is 11.7 Å². The van der Waals surface area contributed by atoms with Gasteiger partial charge < -0.3 is 20.5 Å². The van der Waals surface area contributed by atoms with Crippen LogP contribution in [0.3, 0.4) is 0 Å². The first-order valence-electron chi connectivity index (χ1n) is 10.7. The topological polar surface area (TPSA) is 110 Å². The molecule has 6 nitrogen and oxygen atoms in total. The molecule has 30 heavy (non-hydrogen) atoms. The van der Waals surface area contributed by atoms with Gasteiger partial charge in [0.25, 0.3) is 0 Å². The Balaban J connectivity index is 1.84. The fourth-order valence-corrected chi connectivity index (χ4v) is 3.90. The molecule has 1 saturated carbocycles. The first kappa shape index (κ1) is 23.8. The number of oxime groups is 1. The van der Waals surface area contributed by atoms with Gasteiger partial charge in [-0.3, -0.25) is 4.79 Å². The van der Waals surface area contributed by atoms with Crippen LogP contribution in [0.5, 0.6) is 0 Å². The van der Waals surface area contributed by atoms with Crippen molar-refractivity contribution in [1.29, 1.82) is 0 Å². The van der Waals surface area contributed by atoms with E-state index in [2.05, 4.69) is 17.3 Å². The zero-order valence-electron chi connectivity index (χ0n) is 17.3.